The Morgan fingerprint density at radius 1 is 1.45 bits per heavy atom. The number of carbonyl (C=O) groups excluding carboxylic acids is 1. The molecular formula is C14H27N3O3. The predicted octanol–water partition coefficient (Wildman–Crippen LogP) is -0.674. The summed E-state index contributed by atoms with van der Waals surface area (Å²) in [7, 11) is 1.54. The minimum absolute atomic E-state index is 0.0205. The second-order valence-corrected chi connectivity index (χ2v) is 5.73. The molecule has 6 heteroatoms. The molecule has 1 amide bonds. The fraction of sp³-hybridized carbons (Fsp3) is 0.929. The lowest BCUT2D eigenvalue weighted by molar-refractivity contribution is -0.127. The van der Waals surface area contributed by atoms with Crippen LogP contribution in [0, 0.1) is 0 Å². The van der Waals surface area contributed by atoms with Crippen molar-refractivity contribution in [3.05, 3.63) is 0 Å². The lowest BCUT2D eigenvalue weighted by Crippen LogP contribution is -2.51. The van der Waals surface area contributed by atoms with Gasteiger partial charge in [-0.15, -0.1) is 0 Å². The summed E-state index contributed by atoms with van der Waals surface area (Å²) in [5.74, 6) is 0.0520. The van der Waals surface area contributed by atoms with Gasteiger partial charge in [-0.2, -0.15) is 0 Å². The lowest BCUT2D eigenvalue weighted by atomic mass is 10.0. The highest BCUT2D eigenvalue weighted by Gasteiger charge is 2.35. The second-order valence-electron chi connectivity index (χ2n) is 5.73. The number of nitrogens with zero attached hydrogens (tertiary/aromatic N) is 1. The van der Waals surface area contributed by atoms with Gasteiger partial charge in [-0.1, -0.05) is 0 Å². The summed E-state index contributed by atoms with van der Waals surface area (Å²) >= 11 is 0. The fourth-order valence-corrected chi connectivity index (χ4v) is 3.23. The normalized spacial score (nSPS) is 26.6. The number of likely N-dealkylation sites (tertiary alicyclic amines) is 1. The van der Waals surface area contributed by atoms with Crippen LogP contribution in [0.25, 0.3) is 0 Å². The van der Waals surface area contributed by atoms with Gasteiger partial charge in [0.15, 0.2) is 0 Å². The van der Waals surface area contributed by atoms with Gasteiger partial charge in [0.25, 0.3) is 0 Å². The number of rotatable bonds is 6. The molecule has 2 saturated heterocycles. The van der Waals surface area contributed by atoms with E-state index in [-0.39, 0.29) is 25.1 Å². The number of hydrogen-bond donors (Lipinski definition) is 3. The topological polar surface area (TPSA) is 73.8 Å². The predicted molar refractivity (Wildman–Crippen MR) is 76.5 cm³/mol. The van der Waals surface area contributed by atoms with Gasteiger partial charge >= 0.3 is 0 Å². The van der Waals surface area contributed by atoms with Crippen molar-refractivity contribution in [1.82, 2.24) is 15.5 Å². The van der Waals surface area contributed by atoms with E-state index in [1.54, 1.807) is 7.11 Å². The second kappa shape index (κ2) is 7.93. The molecule has 3 N–H and O–H groups in total. The van der Waals surface area contributed by atoms with Gasteiger partial charge in [0.2, 0.25) is 5.91 Å². The number of ether oxygens (including phenoxy) is 1. The molecular weight excluding hydrogens is 258 g/mol. The molecule has 0 saturated carbocycles. The zero-order valence-corrected chi connectivity index (χ0v) is 12.3. The number of carbonyl (C=O) groups is 1. The zero-order chi connectivity index (χ0) is 14.4. The Hall–Kier alpha value is -0.690. The minimum atomic E-state index is -0.627. The van der Waals surface area contributed by atoms with E-state index >= 15 is 0 Å². The third-order valence-corrected chi connectivity index (χ3v) is 4.25. The van der Waals surface area contributed by atoms with E-state index < -0.39 is 6.10 Å². The summed E-state index contributed by atoms with van der Waals surface area (Å²) in [6.07, 6.45) is 3.63. The van der Waals surface area contributed by atoms with Gasteiger partial charge < -0.3 is 20.5 Å². The van der Waals surface area contributed by atoms with Crippen LogP contribution in [0.5, 0.6) is 0 Å². The number of piperidine rings is 1. The van der Waals surface area contributed by atoms with Crippen LogP contribution in [0.3, 0.4) is 0 Å². The van der Waals surface area contributed by atoms with Crippen molar-refractivity contribution >= 4 is 5.91 Å². The fourth-order valence-electron chi connectivity index (χ4n) is 3.23. The Kier molecular flexibility index (Phi) is 6.22. The highest BCUT2D eigenvalue weighted by Crippen LogP contribution is 2.24. The van der Waals surface area contributed by atoms with Crippen LogP contribution >= 0.6 is 0 Å². The van der Waals surface area contributed by atoms with Gasteiger partial charge in [0.1, 0.15) is 0 Å². The van der Waals surface area contributed by atoms with Gasteiger partial charge in [-0.05, 0) is 45.3 Å². The molecule has 2 fully saturated rings. The van der Waals surface area contributed by atoms with Crippen LogP contribution in [0.2, 0.25) is 0 Å². The van der Waals surface area contributed by atoms with Crippen LogP contribution in [0.4, 0.5) is 0 Å². The van der Waals surface area contributed by atoms with E-state index in [0.29, 0.717) is 6.04 Å². The maximum Gasteiger partial charge on any atom is 0.237 e. The maximum atomic E-state index is 12.3. The number of amides is 1. The Balaban J connectivity index is 1.81. The first kappa shape index (κ1) is 15.7. The molecule has 0 spiro atoms. The molecule has 0 aromatic heterocycles. The highest BCUT2D eigenvalue weighted by atomic mass is 16.5. The van der Waals surface area contributed by atoms with Crippen LogP contribution in [-0.2, 0) is 9.53 Å². The maximum absolute atomic E-state index is 12.3. The van der Waals surface area contributed by atoms with E-state index in [0.717, 1.165) is 45.3 Å². The number of nitrogens with one attached hydrogen (secondary N) is 2. The van der Waals surface area contributed by atoms with Crippen molar-refractivity contribution in [3.8, 4) is 0 Å². The summed E-state index contributed by atoms with van der Waals surface area (Å²) in [6, 6.07) is 0.506. The van der Waals surface area contributed by atoms with Crippen molar-refractivity contribution in [2.75, 3.05) is 39.9 Å². The Labute approximate surface area is 120 Å². The van der Waals surface area contributed by atoms with Crippen LogP contribution < -0.4 is 10.6 Å². The first-order chi connectivity index (χ1) is 9.72. The summed E-state index contributed by atoms with van der Waals surface area (Å²) in [4.78, 5) is 14.6. The number of aliphatic hydroxyl groups is 1. The third kappa shape index (κ3) is 4.15. The van der Waals surface area contributed by atoms with Crippen molar-refractivity contribution in [2.24, 2.45) is 0 Å². The van der Waals surface area contributed by atoms with Gasteiger partial charge in [-0.25, -0.2) is 0 Å². The van der Waals surface area contributed by atoms with E-state index in [9.17, 15) is 9.90 Å². The van der Waals surface area contributed by atoms with Crippen LogP contribution in [0.15, 0.2) is 0 Å². The average molecular weight is 285 g/mol. The molecule has 20 heavy (non-hydrogen) atoms. The lowest BCUT2D eigenvalue weighted by Gasteiger charge is -2.35. The largest absolute Gasteiger partial charge is 0.389 e. The summed E-state index contributed by atoms with van der Waals surface area (Å²) in [5.41, 5.74) is 0. The number of hydrogen-bond acceptors (Lipinski definition) is 5. The standard InChI is InChI=1S/C14H27N3O3/c1-20-10-12(18)9-16-14(19)13-3-2-8-17(13)11-4-6-15-7-5-11/h11-13,15,18H,2-10H2,1H3,(H,16,19). The number of methoxy groups -OCH3 is 1. The van der Waals surface area contributed by atoms with Crippen molar-refractivity contribution in [3.63, 3.8) is 0 Å². The third-order valence-electron chi connectivity index (χ3n) is 4.25. The van der Waals surface area contributed by atoms with Crippen molar-refractivity contribution in [2.45, 2.75) is 43.9 Å². The zero-order valence-electron chi connectivity index (χ0n) is 12.3. The van der Waals surface area contributed by atoms with Gasteiger partial charge in [0, 0.05) is 19.7 Å². The molecule has 0 aromatic rings. The summed E-state index contributed by atoms with van der Waals surface area (Å²) < 4.78 is 4.86. The molecule has 116 valence electrons. The molecule has 2 aliphatic heterocycles. The van der Waals surface area contributed by atoms with E-state index in [1.165, 1.54) is 0 Å². The van der Waals surface area contributed by atoms with E-state index in [2.05, 4.69) is 15.5 Å². The molecule has 2 atom stereocenters. The van der Waals surface area contributed by atoms with Crippen LogP contribution in [-0.4, -0.2) is 74.0 Å². The smallest absolute Gasteiger partial charge is 0.237 e. The average Bonchev–Trinajstić information content (AvgIpc) is 2.95. The Bertz CT molecular complexity index is 308. The molecule has 0 radical (unpaired) electrons. The quantitative estimate of drug-likeness (QED) is 0.603. The van der Waals surface area contributed by atoms with Gasteiger partial charge in [-0.3, -0.25) is 9.69 Å². The summed E-state index contributed by atoms with van der Waals surface area (Å²) in [5, 5.41) is 15.8. The molecule has 2 unspecified atom stereocenters. The molecule has 0 bridgehead atoms. The molecule has 2 aliphatic rings. The first-order valence-corrected chi connectivity index (χ1v) is 7.63. The highest BCUT2D eigenvalue weighted by molar-refractivity contribution is 5.82. The molecule has 2 heterocycles. The van der Waals surface area contributed by atoms with Crippen LogP contribution in [0.1, 0.15) is 25.7 Å². The molecule has 0 aromatic carbocycles. The number of aliphatic hydroxyl groups excluding tert-OH is 1. The Morgan fingerprint density at radius 3 is 2.90 bits per heavy atom. The SMILES string of the molecule is COCC(O)CNC(=O)C1CCCN1C1CCNCC1. The van der Waals surface area contributed by atoms with Crippen molar-refractivity contribution in [1.29, 1.82) is 0 Å². The molecule has 2 rings (SSSR count). The van der Waals surface area contributed by atoms with E-state index in [4.69, 9.17) is 4.74 Å². The molecule has 6 nitrogen and oxygen atoms in total. The van der Waals surface area contributed by atoms with E-state index in [1.807, 2.05) is 0 Å². The van der Waals surface area contributed by atoms with Gasteiger partial charge in [0.05, 0.1) is 18.8 Å². The first-order valence-electron chi connectivity index (χ1n) is 7.63. The summed E-state index contributed by atoms with van der Waals surface area (Å²) in [6.45, 7) is 3.62. The molecule has 0 aliphatic carbocycles. The minimum Gasteiger partial charge on any atom is -0.389 e. The van der Waals surface area contributed by atoms with Crippen molar-refractivity contribution < 1.29 is 14.6 Å². The monoisotopic (exact) mass is 285 g/mol. The Morgan fingerprint density at radius 2 is 2.20 bits per heavy atom.